The van der Waals surface area contributed by atoms with Gasteiger partial charge in [0.05, 0.1) is 42.5 Å². The number of rotatable bonds is 3. The zero-order chi connectivity index (χ0) is 16.6. The maximum Gasteiger partial charge on any atom is 0.143 e. The van der Waals surface area contributed by atoms with Gasteiger partial charge in [-0.2, -0.15) is 0 Å². The first kappa shape index (κ1) is 17.3. The van der Waals surface area contributed by atoms with Gasteiger partial charge >= 0.3 is 0 Å². The van der Waals surface area contributed by atoms with Crippen molar-refractivity contribution in [1.29, 1.82) is 0 Å². The molecule has 0 radical (unpaired) electrons. The fourth-order valence-corrected chi connectivity index (χ4v) is 4.57. The quantitative estimate of drug-likeness (QED) is 0.792. The lowest BCUT2D eigenvalue weighted by atomic mass is 9.73. The molecule has 2 saturated carbocycles. The maximum absolute atomic E-state index is 12.5. The standard InChI is InChI=1S/C17H28O6/c1-21-10-6-12(19)17-13(20)8-15(23-16(17)7-10)9-3-4-14(22-2)11(18)5-9/h9-12,14-19H,3-8H2,1-2H3. The predicted molar refractivity (Wildman–Crippen MR) is 82.0 cm³/mol. The SMILES string of the molecule is COC1CC(O)C2C(=O)CC(C3CCC(OC)C(O)C3)OC2C1. The van der Waals surface area contributed by atoms with Crippen LogP contribution in [0.25, 0.3) is 0 Å². The number of aliphatic hydroxyl groups excluding tert-OH is 2. The lowest BCUT2D eigenvalue weighted by molar-refractivity contribution is -0.186. The van der Waals surface area contributed by atoms with Crippen LogP contribution in [0.5, 0.6) is 0 Å². The Hall–Kier alpha value is -0.530. The summed E-state index contributed by atoms with van der Waals surface area (Å²) in [6.45, 7) is 0. The fraction of sp³-hybridized carbons (Fsp3) is 0.941. The zero-order valence-corrected chi connectivity index (χ0v) is 13.9. The first-order chi connectivity index (χ1) is 11.0. The van der Waals surface area contributed by atoms with Gasteiger partial charge in [-0.05, 0) is 25.2 Å². The summed E-state index contributed by atoms with van der Waals surface area (Å²) in [7, 11) is 3.25. The molecule has 3 fully saturated rings. The summed E-state index contributed by atoms with van der Waals surface area (Å²) in [4.78, 5) is 12.5. The van der Waals surface area contributed by atoms with E-state index in [4.69, 9.17) is 14.2 Å². The van der Waals surface area contributed by atoms with Gasteiger partial charge in [-0.15, -0.1) is 0 Å². The molecule has 3 rings (SSSR count). The summed E-state index contributed by atoms with van der Waals surface area (Å²) in [5.41, 5.74) is 0. The average Bonchev–Trinajstić information content (AvgIpc) is 2.53. The van der Waals surface area contributed by atoms with E-state index in [1.54, 1.807) is 14.2 Å². The molecule has 0 aromatic heterocycles. The second kappa shape index (κ2) is 7.15. The minimum absolute atomic E-state index is 0.0624. The Morgan fingerprint density at radius 1 is 1.00 bits per heavy atom. The monoisotopic (exact) mass is 328 g/mol. The number of hydrogen-bond donors (Lipinski definition) is 2. The third kappa shape index (κ3) is 3.46. The number of methoxy groups -OCH3 is 2. The van der Waals surface area contributed by atoms with Crippen molar-refractivity contribution in [2.75, 3.05) is 14.2 Å². The van der Waals surface area contributed by atoms with Crippen molar-refractivity contribution in [2.45, 2.75) is 75.1 Å². The molecular weight excluding hydrogens is 300 g/mol. The molecule has 2 N–H and O–H groups in total. The summed E-state index contributed by atoms with van der Waals surface area (Å²) in [6, 6.07) is 0. The molecule has 23 heavy (non-hydrogen) atoms. The molecule has 2 aliphatic carbocycles. The number of ether oxygens (including phenoxy) is 3. The van der Waals surface area contributed by atoms with Crippen LogP contribution in [0.3, 0.4) is 0 Å². The Labute approximate surface area is 137 Å². The average molecular weight is 328 g/mol. The van der Waals surface area contributed by atoms with Crippen molar-refractivity contribution in [3.05, 3.63) is 0 Å². The number of hydrogen-bond acceptors (Lipinski definition) is 6. The van der Waals surface area contributed by atoms with Crippen LogP contribution in [0.4, 0.5) is 0 Å². The minimum atomic E-state index is -0.679. The van der Waals surface area contributed by atoms with Crippen molar-refractivity contribution < 1.29 is 29.2 Å². The van der Waals surface area contributed by atoms with Crippen LogP contribution in [-0.4, -0.2) is 66.8 Å². The fourth-order valence-electron chi connectivity index (χ4n) is 4.57. The number of fused-ring (bicyclic) bond motifs is 1. The van der Waals surface area contributed by atoms with Gasteiger partial charge in [-0.25, -0.2) is 0 Å². The largest absolute Gasteiger partial charge is 0.392 e. The summed E-state index contributed by atoms with van der Waals surface area (Å²) >= 11 is 0. The van der Waals surface area contributed by atoms with E-state index in [1.807, 2.05) is 0 Å². The minimum Gasteiger partial charge on any atom is -0.392 e. The molecule has 0 aromatic carbocycles. The highest BCUT2D eigenvalue weighted by atomic mass is 16.5. The lowest BCUT2D eigenvalue weighted by Gasteiger charge is -2.46. The van der Waals surface area contributed by atoms with Gasteiger partial charge in [-0.3, -0.25) is 4.79 Å². The van der Waals surface area contributed by atoms with Crippen LogP contribution in [0.1, 0.15) is 38.5 Å². The molecule has 0 aromatic rings. The van der Waals surface area contributed by atoms with Crippen LogP contribution in [0.15, 0.2) is 0 Å². The summed E-state index contributed by atoms with van der Waals surface area (Å²) in [6.07, 6.45) is 1.96. The van der Waals surface area contributed by atoms with Crippen molar-refractivity contribution >= 4 is 5.78 Å². The van der Waals surface area contributed by atoms with Crippen LogP contribution in [0, 0.1) is 11.8 Å². The number of carbonyl (C=O) groups is 1. The van der Waals surface area contributed by atoms with Gasteiger partial charge in [0.15, 0.2) is 0 Å². The molecule has 0 spiro atoms. The van der Waals surface area contributed by atoms with E-state index in [0.29, 0.717) is 25.7 Å². The molecule has 6 nitrogen and oxygen atoms in total. The van der Waals surface area contributed by atoms with E-state index < -0.39 is 18.1 Å². The molecular formula is C17H28O6. The smallest absolute Gasteiger partial charge is 0.143 e. The first-order valence-corrected chi connectivity index (χ1v) is 8.63. The zero-order valence-electron chi connectivity index (χ0n) is 13.9. The van der Waals surface area contributed by atoms with Crippen molar-refractivity contribution in [1.82, 2.24) is 0 Å². The Balaban J connectivity index is 1.66. The van der Waals surface area contributed by atoms with E-state index in [0.717, 1.165) is 12.8 Å². The topological polar surface area (TPSA) is 85.2 Å². The van der Waals surface area contributed by atoms with Crippen LogP contribution < -0.4 is 0 Å². The lowest BCUT2D eigenvalue weighted by Crippen LogP contribution is -2.54. The molecule has 0 amide bonds. The van der Waals surface area contributed by atoms with Crippen molar-refractivity contribution in [2.24, 2.45) is 11.8 Å². The van der Waals surface area contributed by atoms with E-state index in [9.17, 15) is 15.0 Å². The Morgan fingerprint density at radius 3 is 2.43 bits per heavy atom. The predicted octanol–water partition coefficient (Wildman–Crippen LogP) is 0.675. The number of ketones is 1. The first-order valence-electron chi connectivity index (χ1n) is 8.63. The molecule has 1 heterocycles. The van der Waals surface area contributed by atoms with Crippen LogP contribution >= 0.6 is 0 Å². The van der Waals surface area contributed by atoms with Crippen LogP contribution in [-0.2, 0) is 19.0 Å². The number of carbonyl (C=O) groups excluding carboxylic acids is 1. The molecule has 1 aliphatic heterocycles. The van der Waals surface area contributed by atoms with Gasteiger partial charge in [0.25, 0.3) is 0 Å². The molecule has 8 unspecified atom stereocenters. The highest BCUT2D eigenvalue weighted by molar-refractivity contribution is 5.83. The summed E-state index contributed by atoms with van der Waals surface area (Å²) in [5, 5.41) is 20.4. The van der Waals surface area contributed by atoms with Gasteiger partial charge in [0, 0.05) is 33.5 Å². The molecule has 132 valence electrons. The van der Waals surface area contributed by atoms with E-state index in [2.05, 4.69) is 0 Å². The maximum atomic E-state index is 12.5. The van der Waals surface area contributed by atoms with E-state index in [1.165, 1.54) is 0 Å². The molecule has 8 atom stereocenters. The normalized spacial score (nSPS) is 48.1. The highest BCUT2D eigenvalue weighted by Crippen LogP contribution is 2.40. The van der Waals surface area contributed by atoms with Gasteiger partial charge in [-0.1, -0.05) is 0 Å². The third-order valence-electron chi connectivity index (χ3n) is 5.90. The Morgan fingerprint density at radius 2 is 1.78 bits per heavy atom. The number of aliphatic hydroxyl groups is 2. The third-order valence-corrected chi connectivity index (χ3v) is 5.90. The highest BCUT2D eigenvalue weighted by Gasteiger charge is 2.48. The molecule has 3 aliphatic rings. The second-order valence-corrected chi connectivity index (χ2v) is 7.22. The van der Waals surface area contributed by atoms with Gasteiger partial charge in [0.2, 0.25) is 0 Å². The van der Waals surface area contributed by atoms with E-state index in [-0.39, 0.29) is 36.1 Å². The van der Waals surface area contributed by atoms with Gasteiger partial charge < -0.3 is 24.4 Å². The van der Waals surface area contributed by atoms with Gasteiger partial charge in [0.1, 0.15) is 5.78 Å². The van der Waals surface area contributed by atoms with Crippen molar-refractivity contribution in [3.63, 3.8) is 0 Å². The second-order valence-electron chi connectivity index (χ2n) is 7.22. The molecule has 6 heteroatoms. The molecule has 0 bridgehead atoms. The van der Waals surface area contributed by atoms with Crippen LogP contribution in [0.2, 0.25) is 0 Å². The number of Topliss-reactive ketones (excluding diaryl/α,β-unsaturated/α-hetero) is 1. The van der Waals surface area contributed by atoms with Crippen molar-refractivity contribution in [3.8, 4) is 0 Å². The molecule has 1 saturated heterocycles. The van der Waals surface area contributed by atoms with E-state index >= 15 is 0 Å². The Bertz CT molecular complexity index is 427. The Kier molecular flexibility index (Phi) is 5.38. The summed E-state index contributed by atoms with van der Waals surface area (Å²) in [5.74, 6) is -0.157. The summed E-state index contributed by atoms with van der Waals surface area (Å²) < 4.78 is 16.9.